The molecule has 8 nitrogen and oxygen atoms in total. The molecule has 3 heterocycles. The molecule has 5 aromatic rings. The molecule has 266 valence electrons. The molecule has 0 amide bonds. The van der Waals surface area contributed by atoms with Gasteiger partial charge in [-0.3, -0.25) is 4.68 Å². The summed E-state index contributed by atoms with van der Waals surface area (Å²) in [5.74, 6) is -0.132. The number of halogens is 2. The minimum Gasteiger partial charge on any atom is -0.493 e. The van der Waals surface area contributed by atoms with Crippen molar-refractivity contribution in [2.45, 2.75) is 78.4 Å². The molecule has 7 rings (SSSR count). The highest BCUT2D eigenvalue weighted by Crippen LogP contribution is 2.49. The Morgan fingerprint density at radius 2 is 1.86 bits per heavy atom. The van der Waals surface area contributed by atoms with Crippen molar-refractivity contribution in [1.82, 2.24) is 19.7 Å². The summed E-state index contributed by atoms with van der Waals surface area (Å²) in [5, 5.41) is 21.9. The quantitative estimate of drug-likeness (QED) is 0.141. The molecule has 1 unspecified atom stereocenters. The predicted octanol–water partition coefficient (Wildman–Crippen LogP) is 9.14. The van der Waals surface area contributed by atoms with Crippen LogP contribution in [0, 0.1) is 11.7 Å². The van der Waals surface area contributed by atoms with Crippen LogP contribution in [0.25, 0.3) is 32.8 Å². The summed E-state index contributed by atoms with van der Waals surface area (Å²) in [6, 6.07) is 14.1. The van der Waals surface area contributed by atoms with Gasteiger partial charge in [0.25, 0.3) is 0 Å². The number of nitrogens with zero attached hydrogens (tertiary/aromatic N) is 3. The van der Waals surface area contributed by atoms with E-state index in [1.54, 1.807) is 6.07 Å². The SMILES string of the molecule is CCNCC.CCc1c2c(nn1C)C(C1CC1)OCCCCn1c(C(=O)O)c(CCCOc3cccc4cc(F)ccc34)c3ccc(Cl)c-2c31. The topological polar surface area (TPSA) is 90.5 Å². The van der Waals surface area contributed by atoms with Crippen LogP contribution >= 0.6 is 11.6 Å². The van der Waals surface area contributed by atoms with Gasteiger partial charge in [-0.15, -0.1) is 0 Å². The lowest BCUT2D eigenvalue weighted by atomic mass is 9.94. The second kappa shape index (κ2) is 16.0. The van der Waals surface area contributed by atoms with E-state index < -0.39 is 5.97 Å². The Labute approximate surface area is 298 Å². The molecule has 1 atom stereocenters. The minimum absolute atomic E-state index is 0.111. The molecule has 0 saturated heterocycles. The summed E-state index contributed by atoms with van der Waals surface area (Å²) in [4.78, 5) is 13.0. The average molecular weight is 703 g/mol. The number of carboxylic acid groups (broad SMARTS) is 1. The van der Waals surface area contributed by atoms with Crippen molar-refractivity contribution in [3.8, 4) is 16.9 Å². The third kappa shape index (κ3) is 7.27. The number of ether oxygens (including phenoxy) is 2. The van der Waals surface area contributed by atoms with Crippen molar-refractivity contribution in [2.75, 3.05) is 26.3 Å². The first kappa shape index (κ1) is 35.9. The Bertz CT molecular complexity index is 1980. The zero-order valence-corrected chi connectivity index (χ0v) is 30.3. The van der Waals surface area contributed by atoms with E-state index in [0.717, 1.165) is 94.9 Å². The van der Waals surface area contributed by atoms with E-state index in [1.165, 1.54) is 12.1 Å². The molecule has 10 heteroatoms. The van der Waals surface area contributed by atoms with Crippen molar-refractivity contribution >= 4 is 39.2 Å². The summed E-state index contributed by atoms with van der Waals surface area (Å²) in [6.45, 7) is 10.0. The van der Waals surface area contributed by atoms with Crippen LogP contribution < -0.4 is 10.1 Å². The van der Waals surface area contributed by atoms with Crippen LogP contribution in [0.15, 0.2) is 48.5 Å². The molecule has 1 fully saturated rings. The zero-order chi connectivity index (χ0) is 35.4. The summed E-state index contributed by atoms with van der Waals surface area (Å²) < 4.78 is 30.4. The first-order chi connectivity index (χ1) is 24.3. The second-order valence-electron chi connectivity index (χ2n) is 13.2. The minimum atomic E-state index is -0.954. The molecule has 0 spiro atoms. The van der Waals surface area contributed by atoms with Crippen molar-refractivity contribution in [1.29, 1.82) is 0 Å². The number of benzene rings is 3. The monoisotopic (exact) mass is 702 g/mol. The molecule has 1 aliphatic heterocycles. The zero-order valence-electron chi connectivity index (χ0n) is 29.5. The Kier molecular flexibility index (Phi) is 11.5. The fourth-order valence-electron chi connectivity index (χ4n) is 7.36. The van der Waals surface area contributed by atoms with E-state index in [-0.39, 0.29) is 11.9 Å². The van der Waals surface area contributed by atoms with Crippen LogP contribution in [-0.2, 0) is 31.2 Å². The maximum absolute atomic E-state index is 13.8. The van der Waals surface area contributed by atoms with Crippen molar-refractivity contribution in [2.24, 2.45) is 13.0 Å². The van der Waals surface area contributed by atoms with Gasteiger partial charge in [-0.05, 0) is 105 Å². The lowest BCUT2D eigenvalue weighted by molar-refractivity contribution is 0.0317. The van der Waals surface area contributed by atoms with Crippen LogP contribution in [0.5, 0.6) is 5.75 Å². The fourth-order valence-corrected chi connectivity index (χ4v) is 7.61. The van der Waals surface area contributed by atoms with E-state index in [9.17, 15) is 14.3 Å². The van der Waals surface area contributed by atoms with Crippen LogP contribution in [0.3, 0.4) is 0 Å². The van der Waals surface area contributed by atoms with Gasteiger partial charge in [-0.25, -0.2) is 9.18 Å². The van der Waals surface area contributed by atoms with Gasteiger partial charge >= 0.3 is 5.97 Å². The molecule has 2 aromatic heterocycles. The van der Waals surface area contributed by atoms with E-state index in [0.29, 0.717) is 55.0 Å². The van der Waals surface area contributed by atoms with Crippen LogP contribution in [0.1, 0.15) is 86.4 Å². The highest BCUT2D eigenvalue weighted by molar-refractivity contribution is 6.35. The standard InChI is InChI=1S/C36H37ClFN3O4.C4H11N/c1-3-28-31-30-27(37)16-15-26-25(9-7-19-44-29-10-6-8-22-20-23(38)13-14-24(22)29)34(36(42)43)41(33(26)30)17-4-5-18-45-35(21-11-12-21)32(31)39-40(28)2;1-3-5-4-2/h6,8,10,13-16,20-21,35H,3-5,7,9,11-12,17-19H2,1-2H3,(H,42,43);5H,3-4H2,1-2H3. The highest BCUT2D eigenvalue weighted by atomic mass is 35.5. The highest BCUT2D eigenvalue weighted by Gasteiger charge is 2.39. The fraction of sp³-hybridized carbons (Fsp3) is 0.450. The number of hydrogen-bond acceptors (Lipinski definition) is 5. The summed E-state index contributed by atoms with van der Waals surface area (Å²) >= 11 is 7.09. The number of fused-ring (bicyclic) bond motifs is 3. The molecule has 1 aliphatic carbocycles. The largest absolute Gasteiger partial charge is 0.493 e. The lowest BCUT2D eigenvalue weighted by Gasteiger charge is -2.18. The molecule has 0 bridgehead atoms. The Morgan fingerprint density at radius 1 is 1.08 bits per heavy atom. The molecule has 50 heavy (non-hydrogen) atoms. The second-order valence-corrected chi connectivity index (χ2v) is 13.6. The van der Waals surface area contributed by atoms with Crippen LogP contribution in [0.4, 0.5) is 4.39 Å². The van der Waals surface area contributed by atoms with Gasteiger partial charge in [-0.2, -0.15) is 5.10 Å². The predicted molar refractivity (Wildman–Crippen MR) is 198 cm³/mol. The first-order valence-electron chi connectivity index (χ1n) is 18.0. The summed E-state index contributed by atoms with van der Waals surface area (Å²) in [6.07, 6.45) is 5.58. The van der Waals surface area contributed by atoms with E-state index in [1.807, 2.05) is 46.6 Å². The maximum atomic E-state index is 13.8. The molecule has 2 aliphatic rings. The number of aryl methyl sites for hydroxylation is 3. The van der Waals surface area contributed by atoms with Crippen molar-refractivity contribution < 1.29 is 23.8 Å². The summed E-state index contributed by atoms with van der Waals surface area (Å²) in [7, 11) is 1.97. The number of aromatic nitrogens is 3. The van der Waals surface area contributed by atoms with Crippen LogP contribution in [-0.4, -0.2) is 51.7 Å². The summed E-state index contributed by atoms with van der Waals surface area (Å²) in [5.41, 5.74) is 5.73. The van der Waals surface area contributed by atoms with Gasteiger partial charge in [0, 0.05) is 47.8 Å². The van der Waals surface area contributed by atoms with Gasteiger partial charge in [0.05, 0.1) is 22.8 Å². The number of aromatic carboxylic acids is 1. The smallest absolute Gasteiger partial charge is 0.352 e. The molecule has 2 N–H and O–H groups in total. The van der Waals surface area contributed by atoms with E-state index in [4.69, 9.17) is 26.2 Å². The van der Waals surface area contributed by atoms with Crippen LogP contribution in [0.2, 0.25) is 5.02 Å². The molecular weight excluding hydrogens is 655 g/mol. The Hall–Kier alpha value is -3.92. The van der Waals surface area contributed by atoms with Gasteiger partial charge in [0.15, 0.2) is 0 Å². The number of nitrogens with one attached hydrogen (secondary N) is 1. The van der Waals surface area contributed by atoms with E-state index in [2.05, 4.69) is 26.1 Å². The number of hydrogen-bond donors (Lipinski definition) is 2. The van der Waals surface area contributed by atoms with Gasteiger partial charge in [0.2, 0.25) is 0 Å². The van der Waals surface area contributed by atoms with E-state index >= 15 is 0 Å². The van der Waals surface area contributed by atoms with Crippen molar-refractivity contribution in [3.63, 3.8) is 0 Å². The van der Waals surface area contributed by atoms with Gasteiger partial charge < -0.3 is 24.5 Å². The molecule has 3 aromatic carbocycles. The number of carboxylic acids is 1. The number of carbonyl (C=O) groups is 1. The Morgan fingerprint density at radius 3 is 2.56 bits per heavy atom. The third-order valence-corrected chi connectivity index (χ3v) is 10.1. The Balaban J connectivity index is 0.000000808. The average Bonchev–Trinajstić information content (AvgIpc) is 3.82. The molecular formula is C40H48ClFN4O4. The van der Waals surface area contributed by atoms with Gasteiger partial charge in [0.1, 0.15) is 23.4 Å². The third-order valence-electron chi connectivity index (χ3n) is 9.78. The normalized spacial score (nSPS) is 16.1. The number of rotatable bonds is 10. The first-order valence-corrected chi connectivity index (χ1v) is 18.4. The van der Waals surface area contributed by atoms with Crippen molar-refractivity contribution in [3.05, 3.63) is 82.0 Å². The maximum Gasteiger partial charge on any atom is 0.352 e. The van der Waals surface area contributed by atoms with Gasteiger partial charge in [-0.1, -0.05) is 50.6 Å². The molecule has 0 radical (unpaired) electrons. The lowest BCUT2D eigenvalue weighted by Crippen LogP contribution is -2.12. The molecule has 1 saturated carbocycles.